The van der Waals surface area contributed by atoms with E-state index < -0.39 is 0 Å². The van der Waals surface area contributed by atoms with Gasteiger partial charge in [-0.05, 0) is 24.4 Å². The van der Waals surface area contributed by atoms with Crippen molar-refractivity contribution in [3.63, 3.8) is 0 Å². The molecule has 18 heavy (non-hydrogen) atoms. The summed E-state index contributed by atoms with van der Waals surface area (Å²) in [6.45, 7) is 2.02. The molecule has 0 bridgehead atoms. The number of rotatable bonds is 2. The Kier molecular flexibility index (Phi) is 2.94. The highest BCUT2D eigenvalue weighted by Crippen LogP contribution is 2.31. The summed E-state index contributed by atoms with van der Waals surface area (Å²) < 4.78 is 0. The normalized spacial score (nSPS) is 10.8. The largest absolute Gasteiger partial charge is 0.341 e. The van der Waals surface area contributed by atoms with Crippen LogP contribution in [0.25, 0.3) is 22.0 Å². The second-order valence-electron chi connectivity index (χ2n) is 4.02. The van der Waals surface area contributed by atoms with E-state index in [4.69, 9.17) is 11.6 Å². The summed E-state index contributed by atoms with van der Waals surface area (Å²) in [7, 11) is 0. The van der Waals surface area contributed by atoms with E-state index >= 15 is 0 Å². The van der Waals surface area contributed by atoms with Gasteiger partial charge in [-0.1, -0.05) is 35.9 Å². The molecule has 90 valence electrons. The molecule has 0 atom stereocenters. The predicted octanol–water partition coefficient (Wildman–Crippen LogP) is 4.77. The Morgan fingerprint density at radius 1 is 1.17 bits per heavy atom. The summed E-state index contributed by atoms with van der Waals surface area (Å²) in [5.41, 5.74) is 2.92. The third kappa shape index (κ3) is 1.96. The van der Waals surface area contributed by atoms with E-state index in [1.54, 1.807) is 11.3 Å². The van der Waals surface area contributed by atoms with Crippen molar-refractivity contribution in [3.8, 4) is 22.0 Å². The van der Waals surface area contributed by atoms with Crippen molar-refractivity contribution in [1.29, 1.82) is 0 Å². The molecule has 3 aromatic rings. The Hall–Kier alpha value is -1.58. The molecule has 0 fully saturated rings. The van der Waals surface area contributed by atoms with Gasteiger partial charge in [-0.2, -0.15) is 0 Å². The molecule has 0 radical (unpaired) electrons. The van der Waals surface area contributed by atoms with Crippen molar-refractivity contribution in [3.05, 3.63) is 52.5 Å². The van der Waals surface area contributed by atoms with Crippen LogP contribution in [0, 0.1) is 6.92 Å². The van der Waals surface area contributed by atoms with Crippen molar-refractivity contribution < 1.29 is 0 Å². The molecule has 0 saturated heterocycles. The van der Waals surface area contributed by atoms with Gasteiger partial charge in [-0.3, -0.25) is 0 Å². The monoisotopic (exact) mass is 274 g/mol. The van der Waals surface area contributed by atoms with E-state index in [9.17, 15) is 0 Å². The lowest BCUT2D eigenvalue weighted by molar-refractivity contribution is 1.26. The van der Waals surface area contributed by atoms with Crippen molar-refractivity contribution in [2.75, 3.05) is 0 Å². The van der Waals surface area contributed by atoms with Crippen LogP contribution in [0.1, 0.15) is 5.69 Å². The van der Waals surface area contributed by atoms with Gasteiger partial charge in [0.1, 0.15) is 5.82 Å². The van der Waals surface area contributed by atoms with Crippen LogP contribution in [0.15, 0.2) is 41.8 Å². The molecule has 2 aromatic heterocycles. The number of aromatic nitrogens is 2. The minimum Gasteiger partial charge on any atom is -0.341 e. The molecule has 0 unspecified atom stereocenters. The highest BCUT2D eigenvalue weighted by molar-refractivity contribution is 7.13. The van der Waals surface area contributed by atoms with Crippen molar-refractivity contribution >= 4 is 22.9 Å². The quantitative estimate of drug-likeness (QED) is 0.717. The second-order valence-corrected chi connectivity index (χ2v) is 5.37. The Morgan fingerprint density at radius 3 is 2.72 bits per heavy atom. The van der Waals surface area contributed by atoms with Crippen LogP contribution in [0.4, 0.5) is 0 Å². The van der Waals surface area contributed by atoms with Gasteiger partial charge in [0.05, 0.1) is 15.6 Å². The van der Waals surface area contributed by atoms with E-state index in [1.807, 2.05) is 42.6 Å². The molecule has 0 aliphatic heterocycles. The first-order valence-electron chi connectivity index (χ1n) is 5.61. The summed E-state index contributed by atoms with van der Waals surface area (Å²) in [5, 5.41) is 2.77. The first kappa shape index (κ1) is 11.5. The zero-order valence-corrected chi connectivity index (χ0v) is 11.3. The fourth-order valence-electron chi connectivity index (χ4n) is 1.91. The molecule has 1 aromatic carbocycles. The molecule has 3 rings (SSSR count). The number of nitrogens with one attached hydrogen (secondary N) is 1. The third-order valence-electron chi connectivity index (χ3n) is 2.77. The Morgan fingerprint density at radius 2 is 2.00 bits per heavy atom. The maximum absolute atomic E-state index is 6.21. The van der Waals surface area contributed by atoms with Gasteiger partial charge in [0.25, 0.3) is 0 Å². The van der Waals surface area contributed by atoms with Crippen LogP contribution in [0.5, 0.6) is 0 Å². The molecule has 0 saturated carbocycles. The van der Waals surface area contributed by atoms with Gasteiger partial charge in [0.2, 0.25) is 0 Å². The molecule has 0 spiro atoms. The number of hydrogen-bond donors (Lipinski definition) is 1. The number of H-pyrrole nitrogens is 1. The number of imidazole rings is 1. The maximum atomic E-state index is 6.21. The van der Waals surface area contributed by atoms with E-state index in [1.165, 1.54) is 0 Å². The van der Waals surface area contributed by atoms with Gasteiger partial charge >= 0.3 is 0 Å². The van der Waals surface area contributed by atoms with Gasteiger partial charge < -0.3 is 4.98 Å². The molecule has 2 nitrogen and oxygen atoms in total. The van der Waals surface area contributed by atoms with Crippen molar-refractivity contribution in [2.24, 2.45) is 0 Å². The maximum Gasteiger partial charge on any atom is 0.148 e. The van der Waals surface area contributed by atoms with Crippen LogP contribution in [-0.4, -0.2) is 9.97 Å². The average Bonchev–Trinajstić information content (AvgIpc) is 2.99. The molecule has 1 N–H and O–H groups in total. The highest BCUT2D eigenvalue weighted by Gasteiger charge is 2.12. The summed E-state index contributed by atoms with van der Waals surface area (Å²) in [6, 6.07) is 11.8. The fraction of sp³-hybridized carbons (Fsp3) is 0.0714. The number of thiophene rings is 1. The summed E-state index contributed by atoms with van der Waals surface area (Å²) in [6.07, 6.45) is 0. The van der Waals surface area contributed by atoms with Crippen molar-refractivity contribution in [1.82, 2.24) is 9.97 Å². The van der Waals surface area contributed by atoms with E-state index in [-0.39, 0.29) is 0 Å². The summed E-state index contributed by atoms with van der Waals surface area (Å²) in [4.78, 5) is 9.10. The van der Waals surface area contributed by atoms with E-state index in [0.717, 1.165) is 32.7 Å². The van der Waals surface area contributed by atoms with Gasteiger partial charge in [-0.25, -0.2) is 4.98 Å². The third-order valence-corrected chi connectivity index (χ3v) is 3.97. The minimum atomic E-state index is 0.727. The number of nitrogens with zero attached hydrogens (tertiary/aromatic N) is 1. The number of aryl methyl sites for hydroxylation is 1. The average molecular weight is 275 g/mol. The molecule has 0 aliphatic rings. The number of halogens is 1. The SMILES string of the molecule is Cc1[nH]c(-c2cccs2)nc1-c1ccccc1Cl. The van der Waals surface area contributed by atoms with Gasteiger partial charge in [0.15, 0.2) is 0 Å². The Bertz CT molecular complexity index is 671. The number of hydrogen-bond acceptors (Lipinski definition) is 2. The predicted molar refractivity (Wildman–Crippen MR) is 77.1 cm³/mol. The molecule has 2 heterocycles. The summed E-state index contributed by atoms with van der Waals surface area (Å²) in [5.74, 6) is 0.900. The van der Waals surface area contributed by atoms with E-state index in [0.29, 0.717) is 0 Å². The fourth-order valence-corrected chi connectivity index (χ4v) is 2.80. The van der Waals surface area contributed by atoms with Gasteiger partial charge in [0, 0.05) is 11.3 Å². The number of aromatic amines is 1. The smallest absolute Gasteiger partial charge is 0.148 e. The Labute approximate surface area is 114 Å². The first-order valence-corrected chi connectivity index (χ1v) is 6.87. The zero-order valence-electron chi connectivity index (χ0n) is 9.77. The number of benzene rings is 1. The lowest BCUT2D eigenvalue weighted by atomic mass is 10.1. The van der Waals surface area contributed by atoms with Crippen LogP contribution in [-0.2, 0) is 0 Å². The summed E-state index contributed by atoms with van der Waals surface area (Å²) >= 11 is 7.88. The van der Waals surface area contributed by atoms with Crippen LogP contribution >= 0.6 is 22.9 Å². The van der Waals surface area contributed by atoms with Gasteiger partial charge in [-0.15, -0.1) is 11.3 Å². The second kappa shape index (κ2) is 4.59. The van der Waals surface area contributed by atoms with Crippen LogP contribution < -0.4 is 0 Å². The topological polar surface area (TPSA) is 28.7 Å². The van der Waals surface area contributed by atoms with E-state index in [2.05, 4.69) is 16.0 Å². The lowest BCUT2D eigenvalue weighted by Gasteiger charge is -2.00. The van der Waals surface area contributed by atoms with Crippen LogP contribution in [0.2, 0.25) is 5.02 Å². The lowest BCUT2D eigenvalue weighted by Crippen LogP contribution is -1.82. The molecular weight excluding hydrogens is 264 g/mol. The first-order chi connectivity index (χ1) is 8.75. The highest BCUT2D eigenvalue weighted by atomic mass is 35.5. The standard InChI is InChI=1S/C14H11ClN2S/c1-9-13(10-5-2-3-6-11(10)15)17-14(16-9)12-7-4-8-18-12/h2-8H,1H3,(H,16,17). The molecule has 4 heteroatoms. The molecule has 0 amide bonds. The zero-order chi connectivity index (χ0) is 12.5. The van der Waals surface area contributed by atoms with Crippen molar-refractivity contribution in [2.45, 2.75) is 6.92 Å². The minimum absolute atomic E-state index is 0.727. The molecular formula is C14H11ClN2S. The van der Waals surface area contributed by atoms with Crippen LogP contribution in [0.3, 0.4) is 0 Å². The Balaban J connectivity index is 2.12. The molecule has 0 aliphatic carbocycles.